The molecule has 3 aliphatic rings. The number of nitrogens with zero attached hydrogens (tertiary/aromatic N) is 4. The molecule has 0 bridgehead atoms. The Kier molecular flexibility index (Phi) is 7.71. The molecule has 1 unspecified atom stereocenters. The number of amides is 1. The quantitative estimate of drug-likeness (QED) is 0.332. The molecule has 0 radical (unpaired) electrons. The molecule has 3 fully saturated rings. The molecule has 4 heterocycles. The van der Waals surface area contributed by atoms with Crippen LogP contribution in [0.4, 0.5) is 31.5 Å². The standard InChI is InChI=1S/C29H36F2N6O5S/c1-42-25-19-36(10-6-28(25)4-5-28)23-16-20(34-43(40,41)15-14-38)2-3-22(23)27(39)33-21-17-24(26-32-9-13-37(26)18-21)35-11-7-29(30,31)8-12-35/h2-3,9,13,16-18,25,34,38H,4-8,10-12,14-15,19H2,1H3,(H,33,39). The van der Waals surface area contributed by atoms with Gasteiger partial charge in [0, 0.05) is 70.1 Å². The van der Waals surface area contributed by atoms with Gasteiger partial charge in [-0.05, 0) is 43.5 Å². The molecule has 1 saturated carbocycles. The molecule has 43 heavy (non-hydrogen) atoms. The van der Waals surface area contributed by atoms with Crippen LogP contribution in [0.15, 0.2) is 42.9 Å². The van der Waals surface area contributed by atoms with Crippen molar-refractivity contribution >= 4 is 44.3 Å². The zero-order valence-corrected chi connectivity index (χ0v) is 24.7. The molecule has 3 aromatic rings. The van der Waals surface area contributed by atoms with E-state index >= 15 is 0 Å². The van der Waals surface area contributed by atoms with Gasteiger partial charge in [0.25, 0.3) is 11.8 Å². The van der Waals surface area contributed by atoms with Gasteiger partial charge in [-0.2, -0.15) is 0 Å². The fourth-order valence-corrected chi connectivity index (χ4v) is 7.10. The summed E-state index contributed by atoms with van der Waals surface area (Å²) in [6.45, 7) is 1.05. The van der Waals surface area contributed by atoms with Gasteiger partial charge in [-0.3, -0.25) is 9.52 Å². The Bertz CT molecular complexity index is 1620. The van der Waals surface area contributed by atoms with Gasteiger partial charge in [0.2, 0.25) is 10.0 Å². The zero-order chi connectivity index (χ0) is 30.4. The van der Waals surface area contributed by atoms with Gasteiger partial charge in [-0.25, -0.2) is 22.2 Å². The molecule has 1 atom stereocenters. The van der Waals surface area contributed by atoms with Gasteiger partial charge in [-0.15, -0.1) is 0 Å². The number of imidazole rings is 1. The van der Waals surface area contributed by atoms with Crippen molar-refractivity contribution in [3.05, 3.63) is 48.4 Å². The van der Waals surface area contributed by atoms with Gasteiger partial charge in [0.1, 0.15) is 0 Å². The lowest BCUT2D eigenvalue weighted by molar-refractivity contribution is -0.0220. The Morgan fingerprint density at radius 1 is 1.07 bits per heavy atom. The van der Waals surface area contributed by atoms with Crippen LogP contribution in [0.1, 0.15) is 42.5 Å². The minimum atomic E-state index is -3.78. The number of sulfonamides is 1. The van der Waals surface area contributed by atoms with Crippen molar-refractivity contribution in [3.63, 3.8) is 0 Å². The number of nitrogens with one attached hydrogen (secondary N) is 2. The second kappa shape index (κ2) is 11.2. The molecule has 232 valence electrons. The first kappa shape index (κ1) is 29.6. The number of carbonyl (C=O) groups is 1. The largest absolute Gasteiger partial charge is 0.395 e. The summed E-state index contributed by atoms with van der Waals surface area (Å²) in [7, 11) is -2.09. The van der Waals surface area contributed by atoms with Crippen molar-refractivity contribution in [2.75, 3.05) is 65.5 Å². The summed E-state index contributed by atoms with van der Waals surface area (Å²) in [5.41, 5.74) is 3.06. The molecule has 1 aromatic carbocycles. The molecule has 1 amide bonds. The first-order chi connectivity index (χ1) is 20.5. The number of fused-ring (bicyclic) bond motifs is 1. The molecule has 2 aromatic heterocycles. The fraction of sp³-hybridized carbons (Fsp3) is 0.517. The number of carbonyl (C=O) groups excluding carboxylic acids is 1. The highest BCUT2D eigenvalue weighted by Gasteiger charge is 2.52. The molecule has 1 spiro atoms. The van der Waals surface area contributed by atoms with Crippen LogP contribution in [-0.2, 0) is 14.8 Å². The van der Waals surface area contributed by atoms with E-state index in [2.05, 4.69) is 19.9 Å². The van der Waals surface area contributed by atoms with E-state index < -0.39 is 34.2 Å². The van der Waals surface area contributed by atoms with Crippen LogP contribution in [0.25, 0.3) is 5.65 Å². The van der Waals surface area contributed by atoms with Crippen LogP contribution < -0.4 is 19.8 Å². The second-order valence-corrected chi connectivity index (χ2v) is 13.6. The van der Waals surface area contributed by atoms with E-state index in [4.69, 9.17) is 9.84 Å². The van der Waals surface area contributed by atoms with Crippen LogP contribution in [0.3, 0.4) is 0 Å². The monoisotopic (exact) mass is 618 g/mol. The predicted molar refractivity (Wildman–Crippen MR) is 160 cm³/mol. The Balaban J connectivity index is 1.31. The first-order valence-corrected chi connectivity index (χ1v) is 16.1. The molecule has 1 aliphatic carbocycles. The number of halogens is 2. The topological polar surface area (TPSA) is 129 Å². The van der Waals surface area contributed by atoms with Crippen LogP contribution in [-0.4, -0.2) is 86.5 Å². The molecule has 2 saturated heterocycles. The SMILES string of the molecule is COC1CN(c2cc(NS(=O)(=O)CCO)ccc2C(=O)Nc2cc(N3CCC(F)(F)CC3)c3nccn3c2)CCC12CC2. The lowest BCUT2D eigenvalue weighted by Gasteiger charge is -2.40. The number of pyridine rings is 1. The summed E-state index contributed by atoms with van der Waals surface area (Å²) < 4.78 is 62.6. The Labute approximate surface area is 248 Å². The molecule has 14 heteroatoms. The number of aromatic nitrogens is 2. The lowest BCUT2D eigenvalue weighted by Crippen LogP contribution is -2.46. The third-order valence-electron chi connectivity index (χ3n) is 8.90. The number of aliphatic hydroxyl groups excluding tert-OH is 1. The van der Waals surface area contributed by atoms with Crippen molar-refractivity contribution in [1.29, 1.82) is 0 Å². The number of rotatable bonds is 9. The van der Waals surface area contributed by atoms with Crippen LogP contribution in [0, 0.1) is 5.41 Å². The summed E-state index contributed by atoms with van der Waals surface area (Å²) in [5.74, 6) is -3.55. The van der Waals surface area contributed by atoms with Crippen molar-refractivity contribution in [2.24, 2.45) is 5.41 Å². The summed E-state index contributed by atoms with van der Waals surface area (Å²) in [4.78, 5) is 22.1. The third-order valence-corrected chi connectivity index (χ3v) is 10.2. The van der Waals surface area contributed by atoms with Crippen molar-refractivity contribution in [3.8, 4) is 0 Å². The average molecular weight is 619 g/mol. The maximum absolute atomic E-state index is 13.9. The highest BCUT2D eigenvalue weighted by molar-refractivity contribution is 7.92. The first-order valence-electron chi connectivity index (χ1n) is 14.5. The molecule has 3 N–H and O–H groups in total. The second-order valence-electron chi connectivity index (χ2n) is 11.7. The number of piperidine rings is 2. The van der Waals surface area contributed by atoms with E-state index in [1.165, 1.54) is 6.07 Å². The number of hydrogen-bond acceptors (Lipinski definition) is 8. The minimum absolute atomic E-state index is 0.0185. The highest BCUT2D eigenvalue weighted by atomic mass is 32.2. The van der Waals surface area contributed by atoms with Gasteiger partial charge in [0.05, 0.1) is 46.8 Å². The molecular weight excluding hydrogens is 582 g/mol. The average Bonchev–Trinajstić information content (AvgIpc) is 3.57. The fourth-order valence-electron chi connectivity index (χ4n) is 6.27. The number of aliphatic hydroxyl groups is 1. The van der Waals surface area contributed by atoms with Crippen LogP contribution >= 0.6 is 0 Å². The normalized spacial score (nSPS) is 21.3. The molecule has 11 nitrogen and oxygen atoms in total. The van der Waals surface area contributed by atoms with E-state index in [1.54, 1.807) is 48.3 Å². The number of ether oxygens (including phenoxy) is 1. The molecule has 6 rings (SSSR count). The van der Waals surface area contributed by atoms with Crippen molar-refractivity contribution < 1.29 is 31.8 Å². The summed E-state index contributed by atoms with van der Waals surface area (Å²) >= 11 is 0. The van der Waals surface area contributed by atoms with E-state index in [9.17, 15) is 22.0 Å². The van der Waals surface area contributed by atoms with E-state index in [0.29, 0.717) is 41.4 Å². The van der Waals surface area contributed by atoms with Crippen LogP contribution in [0.5, 0.6) is 0 Å². The maximum Gasteiger partial charge on any atom is 0.257 e. The predicted octanol–water partition coefficient (Wildman–Crippen LogP) is 3.56. The minimum Gasteiger partial charge on any atom is -0.395 e. The van der Waals surface area contributed by atoms with Gasteiger partial charge >= 0.3 is 0 Å². The molecule has 2 aliphatic heterocycles. The summed E-state index contributed by atoms with van der Waals surface area (Å²) in [5, 5.41) is 12.1. The van der Waals surface area contributed by atoms with Crippen molar-refractivity contribution in [1.82, 2.24) is 9.38 Å². The van der Waals surface area contributed by atoms with E-state index in [1.807, 2.05) is 4.90 Å². The Hall–Kier alpha value is -3.49. The van der Waals surface area contributed by atoms with Gasteiger partial charge in [-0.1, -0.05) is 0 Å². The highest BCUT2D eigenvalue weighted by Crippen LogP contribution is 2.55. The summed E-state index contributed by atoms with van der Waals surface area (Å²) in [6, 6.07) is 6.49. The lowest BCUT2D eigenvalue weighted by atomic mass is 9.89. The van der Waals surface area contributed by atoms with Crippen LogP contribution in [0.2, 0.25) is 0 Å². The number of alkyl halides is 2. The smallest absolute Gasteiger partial charge is 0.257 e. The van der Waals surface area contributed by atoms with Crippen molar-refractivity contribution in [2.45, 2.75) is 44.1 Å². The Morgan fingerprint density at radius 3 is 2.49 bits per heavy atom. The number of benzene rings is 1. The number of methoxy groups -OCH3 is 1. The van der Waals surface area contributed by atoms with Gasteiger partial charge in [0.15, 0.2) is 5.65 Å². The maximum atomic E-state index is 13.9. The zero-order valence-electron chi connectivity index (χ0n) is 23.9. The number of hydrogen-bond donors (Lipinski definition) is 3. The summed E-state index contributed by atoms with van der Waals surface area (Å²) in [6.07, 6.45) is 7.63. The van der Waals surface area contributed by atoms with E-state index in [-0.39, 0.29) is 43.1 Å². The number of anilines is 4. The third kappa shape index (κ3) is 6.13. The van der Waals surface area contributed by atoms with E-state index in [0.717, 1.165) is 19.3 Å². The molecular formula is C29H36F2N6O5S. The van der Waals surface area contributed by atoms with Gasteiger partial charge < -0.3 is 29.4 Å². The Morgan fingerprint density at radius 2 is 1.79 bits per heavy atom.